The minimum atomic E-state index is -0.0964. The molecular formula is C22H23N5O2S. The van der Waals surface area contributed by atoms with Crippen molar-refractivity contribution in [2.24, 2.45) is 0 Å². The maximum Gasteiger partial charge on any atom is 0.262 e. The van der Waals surface area contributed by atoms with Gasteiger partial charge in [-0.3, -0.25) is 18.8 Å². The van der Waals surface area contributed by atoms with Crippen LogP contribution in [-0.4, -0.2) is 25.2 Å². The number of nitrogens with one attached hydrogen (secondary N) is 1. The number of carbonyl (C=O) groups excluding carboxylic acids is 1. The first kappa shape index (κ1) is 20.0. The fourth-order valence-electron chi connectivity index (χ4n) is 3.28. The summed E-state index contributed by atoms with van der Waals surface area (Å²) in [4.78, 5) is 31.2. The van der Waals surface area contributed by atoms with Gasteiger partial charge in [0.15, 0.2) is 0 Å². The molecular weight excluding hydrogens is 398 g/mol. The average molecular weight is 422 g/mol. The lowest BCUT2D eigenvalue weighted by Crippen LogP contribution is -2.27. The molecule has 0 spiro atoms. The first-order valence-corrected chi connectivity index (χ1v) is 10.6. The monoisotopic (exact) mass is 421 g/mol. The highest BCUT2D eigenvalue weighted by molar-refractivity contribution is 7.18. The van der Waals surface area contributed by atoms with E-state index in [2.05, 4.69) is 15.4 Å². The van der Waals surface area contributed by atoms with E-state index in [0.717, 1.165) is 32.9 Å². The van der Waals surface area contributed by atoms with Crippen molar-refractivity contribution in [1.82, 2.24) is 24.6 Å². The van der Waals surface area contributed by atoms with Gasteiger partial charge in [-0.25, -0.2) is 4.98 Å². The van der Waals surface area contributed by atoms with Crippen molar-refractivity contribution < 1.29 is 4.79 Å². The van der Waals surface area contributed by atoms with Crippen LogP contribution in [0.25, 0.3) is 10.2 Å². The van der Waals surface area contributed by atoms with Crippen molar-refractivity contribution in [2.75, 3.05) is 0 Å². The van der Waals surface area contributed by atoms with Gasteiger partial charge in [0.05, 0.1) is 18.3 Å². The predicted octanol–water partition coefficient (Wildman–Crippen LogP) is 3.03. The number of amides is 1. The number of fused-ring (bicyclic) bond motifs is 1. The van der Waals surface area contributed by atoms with E-state index in [9.17, 15) is 9.59 Å². The van der Waals surface area contributed by atoms with Gasteiger partial charge in [-0.2, -0.15) is 5.10 Å². The molecule has 0 atom stereocenters. The van der Waals surface area contributed by atoms with Crippen molar-refractivity contribution in [3.8, 4) is 0 Å². The Balaban J connectivity index is 1.31. The largest absolute Gasteiger partial charge is 0.352 e. The van der Waals surface area contributed by atoms with Gasteiger partial charge in [-0.15, -0.1) is 11.3 Å². The summed E-state index contributed by atoms with van der Waals surface area (Å²) in [5.41, 5.74) is 3.07. The van der Waals surface area contributed by atoms with Crippen molar-refractivity contribution >= 4 is 27.5 Å². The molecule has 4 aromatic rings. The number of aryl methyl sites for hydroxylation is 3. The van der Waals surface area contributed by atoms with E-state index in [1.807, 2.05) is 55.1 Å². The van der Waals surface area contributed by atoms with Crippen LogP contribution in [0.1, 0.15) is 28.0 Å². The Morgan fingerprint density at radius 2 is 1.93 bits per heavy atom. The van der Waals surface area contributed by atoms with Gasteiger partial charge in [-0.05, 0) is 36.6 Å². The standard InChI is InChI=1S/C22H23N5O2S/c1-15-16(2)30-21-20(15)22(29)26(14-24-21)11-8-19(28)23-12-17-4-6-18(7-5-17)13-27-10-3-9-25-27/h3-7,9-10,14H,8,11-13H2,1-2H3,(H,23,28). The Labute approximate surface area is 178 Å². The Hall–Kier alpha value is -3.26. The third-order valence-electron chi connectivity index (χ3n) is 5.15. The normalized spacial score (nSPS) is 11.1. The third kappa shape index (κ3) is 4.33. The van der Waals surface area contributed by atoms with Crippen LogP contribution in [0.3, 0.4) is 0 Å². The van der Waals surface area contributed by atoms with Crippen molar-refractivity contribution in [1.29, 1.82) is 0 Å². The number of benzene rings is 1. The molecule has 0 bridgehead atoms. The first-order valence-electron chi connectivity index (χ1n) is 9.78. The Morgan fingerprint density at radius 3 is 2.67 bits per heavy atom. The Bertz CT molecular complexity index is 1220. The quantitative estimate of drug-likeness (QED) is 0.497. The SMILES string of the molecule is Cc1sc2ncn(CCC(=O)NCc3ccc(Cn4cccn4)cc3)c(=O)c2c1C. The van der Waals surface area contributed by atoms with Gasteiger partial charge < -0.3 is 5.32 Å². The van der Waals surface area contributed by atoms with Crippen LogP contribution in [0.15, 0.2) is 53.8 Å². The summed E-state index contributed by atoms with van der Waals surface area (Å²) in [5, 5.41) is 7.78. The second kappa shape index (κ2) is 8.62. The van der Waals surface area contributed by atoms with Gasteiger partial charge in [-0.1, -0.05) is 24.3 Å². The molecule has 0 aliphatic rings. The maximum absolute atomic E-state index is 12.7. The zero-order valence-corrected chi connectivity index (χ0v) is 17.8. The molecule has 3 aromatic heterocycles. The summed E-state index contributed by atoms with van der Waals surface area (Å²) in [7, 11) is 0. The molecule has 30 heavy (non-hydrogen) atoms. The van der Waals surface area contributed by atoms with Crippen LogP contribution in [0.2, 0.25) is 0 Å². The molecule has 0 radical (unpaired) electrons. The molecule has 1 aromatic carbocycles. The fourth-order valence-corrected chi connectivity index (χ4v) is 4.27. The van der Waals surface area contributed by atoms with Crippen molar-refractivity contribution in [3.63, 3.8) is 0 Å². The van der Waals surface area contributed by atoms with E-state index >= 15 is 0 Å². The molecule has 7 nitrogen and oxygen atoms in total. The number of hydrogen-bond acceptors (Lipinski definition) is 5. The fraction of sp³-hybridized carbons (Fsp3) is 0.273. The summed E-state index contributed by atoms with van der Waals surface area (Å²) in [6.45, 7) is 5.41. The minimum Gasteiger partial charge on any atom is -0.352 e. The van der Waals surface area contributed by atoms with Crippen LogP contribution in [-0.2, 0) is 24.4 Å². The summed E-state index contributed by atoms with van der Waals surface area (Å²) in [5.74, 6) is -0.0964. The lowest BCUT2D eigenvalue weighted by molar-refractivity contribution is -0.121. The lowest BCUT2D eigenvalue weighted by atomic mass is 10.1. The molecule has 8 heteroatoms. The van der Waals surface area contributed by atoms with Gasteiger partial charge in [0, 0.05) is 36.8 Å². The van der Waals surface area contributed by atoms with Gasteiger partial charge in [0.1, 0.15) is 4.83 Å². The zero-order valence-electron chi connectivity index (χ0n) is 17.0. The highest BCUT2D eigenvalue weighted by Crippen LogP contribution is 2.25. The summed E-state index contributed by atoms with van der Waals surface area (Å²) in [6.07, 6.45) is 5.45. The second-order valence-electron chi connectivity index (χ2n) is 7.25. The van der Waals surface area contributed by atoms with Crippen LogP contribution < -0.4 is 10.9 Å². The van der Waals surface area contributed by atoms with E-state index in [0.29, 0.717) is 18.5 Å². The zero-order chi connectivity index (χ0) is 21.1. The van der Waals surface area contributed by atoms with Crippen LogP contribution >= 0.6 is 11.3 Å². The summed E-state index contributed by atoms with van der Waals surface area (Å²) in [6, 6.07) is 9.98. The van der Waals surface area contributed by atoms with Gasteiger partial charge in [0.2, 0.25) is 5.91 Å². The number of rotatable bonds is 7. The van der Waals surface area contributed by atoms with Gasteiger partial charge >= 0.3 is 0 Å². The molecule has 0 aliphatic carbocycles. The van der Waals surface area contributed by atoms with Crippen LogP contribution in [0, 0.1) is 13.8 Å². The highest BCUT2D eigenvalue weighted by Gasteiger charge is 2.12. The van der Waals surface area contributed by atoms with E-state index in [4.69, 9.17) is 0 Å². The molecule has 0 aliphatic heterocycles. The van der Waals surface area contributed by atoms with Crippen molar-refractivity contribution in [3.05, 3.63) is 81.0 Å². The van der Waals surface area contributed by atoms with Crippen LogP contribution in [0.4, 0.5) is 0 Å². The molecule has 4 rings (SSSR count). The van der Waals surface area contributed by atoms with Crippen LogP contribution in [0.5, 0.6) is 0 Å². The predicted molar refractivity (Wildman–Crippen MR) is 118 cm³/mol. The van der Waals surface area contributed by atoms with E-state index in [1.54, 1.807) is 6.20 Å². The molecule has 0 saturated heterocycles. The van der Waals surface area contributed by atoms with Crippen molar-refractivity contribution in [2.45, 2.75) is 39.9 Å². The maximum atomic E-state index is 12.7. The minimum absolute atomic E-state index is 0.0811. The topological polar surface area (TPSA) is 81.8 Å². The molecule has 3 heterocycles. The summed E-state index contributed by atoms with van der Waals surface area (Å²) < 4.78 is 3.38. The van der Waals surface area contributed by atoms with E-state index in [-0.39, 0.29) is 17.9 Å². The number of carbonyl (C=O) groups is 1. The molecule has 1 amide bonds. The first-order chi connectivity index (χ1) is 14.5. The molecule has 0 fully saturated rings. The highest BCUT2D eigenvalue weighted by atomic mass is 32.1. The Morgan fingerprint density at radius 1 is 1.17 bits per heavy atom. The lowest BCUT2D eigenvalue weighted by Gasteiger charge is -2.08. The molecule has 0 saturated carbocycles. The smallest absolute Gasteiger partial charge is 0.262 e. The van der Waals surface area contributed by atoms with E-state index in [1.165, 1.54) is 22.2 Å². The third-order valence-corrected chi connectivity index (χ3v) is 6.27. The number of hydrogen-bond donors (Lipinski definition) is 1. The number of nitrogens with zero attached hydrogens (tertiary/aromatic N) is 4. The molecule has 154 valence electrons. The number of thiophene rings is 1. The van der Waals surface area contributed by atoms with E-state index < -0.39 is 0 Å². The summed E-state index contributed by atoms with van der Waals surface area (Å²) >= 11 is 1.52. The molecule has 1 N–H and O–H groups in total. The average Bonchev–Trinajstić information content (AvgIpc) is 3.35. The number of aromatic nitrogens is 4. The molecule has 0 unspecified atom stereocenters. The Kier molecular flexibility index (Phi) is 5.76. The second-order valence-corrected chi connectivity index (χ2v) is 8.46. The van der Waals surface area contributed by atoms with Gasteiger partial charge in [0.25, 0.3) is 5.56 Å².